The van der Waals surface area contributed by atoms with Crippen molar-refractivity contribution in [3.63, 3.8) is 0 Å². The zero-order chi connectivity index (χ0) is 13.1. The van der Waals surface area contributed by atoms with Gasteiger partial charge in [0.05, 0.1) is 11.3 Å². The minimum atomic E-state index is -0.0703. The fourth-order valence-electron chi connectivity index (χ4n) is 1.50. The van der Waals surface area contributed by atoms with Gasteiger partial charge in [0.1, 0.15) is 5.84 Å². The molecule has 5 heteroatoms. The zero-order valence-corrected chi connectivity index (χ0v) is 10.3. The minimum absolute atomic E-state index is 0.0703. The summed E-state index contributed by atoms with van der Waals surface area (Å²) in [6.45, 7) is 3.70. The summed E-state index contributed by atoms with van der Waals surface area (Å²) < 4.78 is 5.69. The van der Waals surface area contributed by atoms with Crippen LogP contribution in [0.5, 0.6) is 11.6 Å². The predicted octanol–water partition coefficient (Wildman–Crippen LogP) is 2.17. The average molecular weight is 242 g/mol. The van der Waals surface area contributed by atoms with E-state index in [1.165, 1.54) is 0 Å². The van der Waals surface area contributed by atoms with Gasteiger partial charge >= 0.3 is 0 Å². The predicted molar refractivity (Wildman–Crippen MR) is 69.0 cm³/mol. The van der Waals surface area contributed by atoms with Crippen LogP contribution in [0.1, 0.15) is 17.0 Å². The van der Waals surface area contributed by atoms with Gasteiger partial charge in [-0.2, -0.15) is 0 Å². The molecule has 0 radical (unpaired) electrons. The van der Waals surface area contributed by atoms with Gasteiger partial charge in [-0.05, 0) is 38.1 Å². The van der Waals surface area contributed by atoms with Gasteiger partial charge in [-0.25, -0.2) is 4.98 Å². The van der Waals surface area contributed by atoms with Crippen LogP contribution < -0.4 is 10.5 Å². The Morgan fingerprint density at radius 1 is 1.28 bits per heavy atom. The summed E-state index contributed by atoms with van der Waals surface area (Å²) in [5.41, 5.74) is 7.54. The second-order valence-corrected chi connectivity index (χ2v) is 3.91. The van der Waals surface area contributed by atoms with Crippen LogP contribution in [0.25, 0.3) is 0 Å². The molecule has 0 fully saturated rings. The van der Waals surface area contributed by atoms with Gasteiger partial charge in [-0.15, -0.1) is 0 Å². The summed E-state index contributed by atoms with van der Waals surface area (Å²) >= 11 is 0. The van der Waals surface area contributed by atoms with Crippen molar-refractivity contribution in [2.45, 2.75) is 13.8 Å². The summed E-state index contributed by atoms with van der Waals surface area (Å²) in [4.78, 5) is 8.39. The number of nitrogen functional groups attached to an aromatic ring is 1. The molecule has 0 saturated carbocycles. The highest BCUT2D eigenvalue weighted by Crippen LogP contribution is 2.24. The number of aromatic nitrogens is 2. The molecule has 92 valence electrons. The highest BCUT2D eigenvalue weighted by Gasteiger charge is 2.11. The normalized spacial score (nSPS) is 10.1. The Labute approximate surface area is 105 Å². The molecule has 0 aliphatic carbocycles. The monoisotopic (exact) mass is 242 g/mol. The van der Waals surface area contributed by atoms with E-state index in [-0.39, 0.29) is 5.84 Å². The lowest BCUT2D eigenvalue weighted by atomic mass is 10.2. The summed E-state index contributed by atoms with van der Waals surface area (Å²) in [7, 11) is 0. The van der Waals surface area contributed by atoms with Gasteiger partial charge in [0, 0.05) is 11.9 Å². The number of rotatable bonds is 3. The maximum absolute atomic E-state index is 7.51. The quantitative estimate of drug-likeness (QED) is 0.638. The van der Waals surface area contributed by atoms with Crippen LogP contribution in [-0.2, 0) is 0 Å². The smallest absolute Gasteiger partial charge is 0.230 e. The molecule has 0 aromatic carbocycles. The SMILES string of the molecule is Cc1ccc(C(=N)N)c(Oc2cccnc2C)n1. The molecular formula is C13H14N4O. The number of pyridine rings is 2. The van der Waals surface area contributed by atoms with Crippen molar-refractivity contribution >= 4 is 5.84 Å². The molecule has 0 spiro atoms. The molecule has 18 heavy (non-hydrogen) atoms. The Hall–Kier alpha value is -2.43. The van der Waals surface area contributed by atoms with E-state index in [0.29, 0.717) is 17.2 Å². The van der Waals surface area contributed by atoms with Crippen molar-refractivity contribution in [2.75, 3.05) is 0 Å². The topological polar surface area (TPSA) is 84.9 Å². The summed E-state index contributed by atoms with van der Waals surface area (Å²) in [6.07, 6.45) is 1.69. The first-order valence-corrected chi connectivity index (χ1v) is 5.49. The van der Waals surface area contributed by atoms with Gasteiger partial charge in [0.25, 0.3) is 0 Å². The molecule has 0 aliphatic heterocycles. The third-order valence-corrected chi connectivity index (χ3v) is 2.45. The first-order chi connectivity index (χ1) is 8.58. The molecule has 2 heterocycles. The van der Waals surface area contributed by atoms with Crippen LogP contribution in [0, 0.1) is 19.3 Å². The second kappa shape index (κ2) is 4.83. The molecule has 0 saturated heterocycles. The molecule has 0 unspecified atom stereocenters. The highest BCUT2D eigenvalue weighted by molar-refractivity contribution is 5.97. The van der Waals surface area contributed by atoms with E-state index in [9.17, 15) is 0 Å². The van der Waals surface area contributed by atoms with Crippen molar-refractivity contribution in [1.29, 1.82) is 5.41 Å². The number of hydrogen-bond acceptors (Lipinski definition) is 4. The Kier molecular flexibility index (Phi) is 3.23. The van der Waals surface area contributed by atoms with E-state index in [4.69, 9.17) is 15.9 Å². The number of aryl methyl sites for hydroxylation is 2. The molecule has 2 aromatic rings. The van der Waals surface area contributed by atoms with E-state index in [1.54, 1.807) is 30.5 Å². The molecular weight excluding hydrogens is 228 g/mol. The van der Waals surface area contributed by atoms with Crippen LogP contribution in [0.15, 0.2) is 30.5 Å². The van der Waals surface area contributed by atoms with E-state index in [0.717, 1.165) is 11.4 Å². The average Bonchev–Trinajstić information content (AvgIpc) is 2.32. The number of amidine groups is 1. The lowest BCUT2D eigenvalue weighted by Crippen LogP contribution is -2.13. The molecule has 3 N–H and O–H groups in total. The van der Waals surface area contributed by atoms with Crippen LogP contribution >= 0.6 is 0 Å². The second-order valence-electron chi connectivity index (χ2n) is 3.91. The van der Waals surface area contributed by atoms with Crippen LogP contribution in [0.2, 0.25) is 0 Å². The minimum Gasteiger partial charge on any atom is -0.436 e. The van der Waals surface area contributed by atoms with E-state index < -0.39 is 0 Å². The molecule has 0 bridgehead atoms. The Morgan fingerprint density at radius 2 is 2.06 bits per heavy atom. The van der Waals surface area contributed by atoms with Crippen molar-refractivity contribution in [1.82, 2.24) is 9.97 Å². The highest BCUT2D eigenvalue weighted by atomic mass is 16.5. The maximum atomic E-state index is 7.51. The summed E-state index contributed by atoms with van der Waals surface area (Å²) in [5.74, 6) is 0.871. The van der Waals surface area contributed by atoms with Crippen LogP contribution in [0.3, 0.4) is 0 Å². The van der Waals surface area contributed by atoms with E-state index in [1.807, 2.05) is 13.8 Å². The van der Waals surface area contributed by atoms with Gasteiger partial charge in [-0.3, -0.25) is 10.4 Å². The summed E-state index contributed by atoms with van der Waals surface area (Å²) in [6, 6.07) is 7.10. The summed E-state index contributed by atoms with van der Waals surface area (Å²) in [5, 5.41) is 7.51. The van der Waals surface area contributed by atoms with Crippen molar-refractivity contribution < 1.29 is 4.74 Å². The fourth-order valence-corrected chi connectivity index (χ4v) is 1.50. The number of ether oxygens (including phenoxy) is 1. The maximum Gasteiger partial charge on any atom is 0.230 e. The lowest BCUT2D eigenvalue weighted by molar-refractivity contribution is 0.454. The van der Waals surface area contributed by atoms with Gasteiger partial charge in [-0.1, -0.05) is 0 Å². The third-order valence-electron chi connectivity index (χ3n) is 2.45. The molecule has 2 aromatic heterocycles. The third kappa shape index (κ3) is 2.45. The lowest BCUT2D eigenvalue weighted by Gasteiger charge is -2.11. The van der Waals surface area contributed by atoms with E-state index >= 15 is 0 Å². The zero-order valence-electron chi connectivity index (χ0n) is 10.3. The number of nitrogens with one attached hydrogen (secondary N) is 1. The van der Waals surface area contributed by atoms with Gasteiger partial charge < -0.3 is 10.5 Å². The Bertz CT molecular complexity index is 595. The largest absolute Gasteiger partial charge is 0.436 e. The molecule has 2 rings (SSSR count). The molecule has 0 aliphatic rings. The fraction of sp³-hybridized carbons (Fsp3) is 0.154. The van der Waals surface area contributed by atoms with Gasteiger partial charge in [0.2, 0.25) is 5.88 Å². The standard InChI is InChI=1S/C13H14N4O/c1-8-5-6-10(12(14)15)13(17-8)18-11-4-3-7-16-9(11)2/h3-7H,1-2H3,(H3,14,15). The number of nitrogens with two attached hydrogens (primary N) is 1. The first-order valence-electron chi connectivity index (χ1n) is 5.49. The van der Waals surface area contributed by atoms with Crippen molar-refractivity contribution in [3.05, 3.63) is 47.4 Å². The Morgan fingerprint density at radius 3 is 2.72 bits per heavy atom. The molecule has 0 amide bonds. The molecule has 5 nitrogen and oxygen atoms in total. The van der Waals surface area contributed by atoms with Crippen LogP contribution in [-0.4, -0.2) is 15.8 Å². The first kappa shape index (κ1) is 12.0. The van der Waals surface area contributed by atoms with Crippen molar-refractivity contribution in [2.24, 2.45) is 5.73 Å². The Balaban J connectivity index is 2.42. The van der Waals surface area contributed by atoms with E-state index in [2.05, 4.69) is 9.97 Å². The van der Waals surface area contributed by atoms with Crippen LogP contribution in [0.4, 0.5) is 0 Å². The number of nitrogens with zero attached hydrogens (tertiary/aromatic N) is 2. The van der Waals surface area contributed by atoms with Gasteiger partial charge in [0.15, 0.2) is 5.75 Å². The number of hydrogen-bond donors (Lipinski definition) is 2. The molecule has 0 atom stereocenters. The van der Waals surface area contributed by atoms with Crippen molar-refractivity contribution in [3.8, 4) is 11.6 Å².